The molecule has 0 spiro atoms. The highest BCUT2D eigenvalue weighted by atomic mass is 127. The zero-order chi connectivity index (χ0) is 13.7. The predicted octanol–water partition coefficient (Wildman–Crippen LogP) is 3.34. The van der Waals surface area contributed by atoms with Gasteiger partial charge in [0.2, 0.25) is 0 Å². The fourth-order valence-corrected chi connectivity index (χ4v) is 2.40. The second-order valence-electron chi connectivity index (χ2n) is 4.69. The molecule has 0 saturated heterocycles. The Hall–Kier alpha value is -0.880. The highest BCUT2D eigenvalue weighted by Crippen LogP contribution is 2.12. The molecule has 1 aromatic heterocycles. The standard InChI is InChI=1S/C15H20IN3/c1-3-8-17-9-15-10-18-12(2)19(15)11-13-4-6-14(16)7-5-13/h4-7,10,17H,3,8-9,11H2,1-2H3. The number of benzene rings is 1. The Labute approximate surface area is 128 Å². The average molecular weight is 369 g/mol. The van der Waals surface area contributed by atoms with Crippen molar-refractivity contribution in [1.82, 2.24) is 14.9 Å². The maximum Gasteiger partial charge on any atom is 0.106 e. The van der Waals surface area contributed by atoms with Crippen molar-refractivity contribution in [3.8, 4) is 0 Å². The summed E-state index contributed by atoms with van der Waals surface area (Å²) in [6.45, 7) is 7.08. The molecule has 0 saturated carbocycles. The van der Waals surface area contributed by atoms with Crippen LogP contribution >= 0.6 is 22.6 Å². The van der Waals surface area contributed by atoms with Gasteiger partial charge in [-0.2, -0.15) is 0 Å². The number of aromatic nitrogens is 2. The monoisotopic (exact) mass is 369 g/mol. The molecule has 2 aromatic rings. The first-order valence-electron chi connectivity index (χ1n) is 6.67. The third kappa shape index (κ3) is 4.04. The number of rotatable bonds is 6. The summed E-state index contributed by atoms with van der Waals surface area (Å²) < 4.78 is 3.55. The number of halogens is 1. The van der Waals surface area contributed by atoms with Crippen molar-refractivity contribution in [1.29, 1.82) is 0 Å². The minimum atomic E-state index is 0.888. The van der Waals surface area contributed by atoms with Crippen molar-refractivity contribution in [3.63, 3.8) is 0 Å². The lowest BCUT2D eigenvalue weighted by Gasteiger charge is -2.11. The summed E-state index contributed by atoms with van der Waals surface area (Å²) in [4.78, 5) is 4.43. The van der Waals surface area contributed by atoms with Gasteiger partial charge in [0.15, 0.2) is 0 Å². The van der Waals surface area contributed by atoms with Crippen molar-refractivity contribution in [2.75, 3.05) is 6.54 Å². The number of hydrogen-bond donors (Lipinski definition) is 1. The highest BCUT2D eigenvalue weighted by Gasteiger charge is 2.06. The van der Waals surface area contributed by atoms with E-state index in [-0.39, 0.29) is 0 Å². The highest BCUT2D eigenvalue weighted by molar-refractivity contribution is 14.1. The van der Waals surface area contributed by atoms with E-state index in [0.717, 1.165) is 31.9 Å². The van der Waals surface area contributed by atoms with E-state index in [1.807, 2.05) is 6.20 Å². The SMILES string of the molecule is CCCNCc1cnc(C)n1Cc1ccc(I)cc1. The molecule has 3 nitrogen and oxygen atoms in total. The van der Waals surface area contributed by atoms with Gasteiger partial charge in [-0.25, -0.2) is 4.98 Å². The van der Waals surface area contributed by atoms with E-state index in [0.29, 0.717) is 0 Å². The maximum absolute atomic E-state index is 4.43. The van der Waals surface area contributed by atoms with Crippen molar-refractivity contribution in [2.45, 2.75) is 33.4 Å². The van der Waals surface area contributed by atoms with Gasteiger partial charge in [0.25, 0.3) is 0 Å². The topological polar surface area (TPSA) is 29.9 Å². The van der Waals surface area contributed by atoms with E-state index >= 15 is 0 Å². The molecule has 102 valence electrons. The second kappa shape index (κ2) is 7.05. The van der Waals surface area contributed by atoms with Crippen molar-refractivity contribution < 1.29 is 0 Å². The zero-order valence-corrected chi connectivity index (χ0v) is 13.6. The Balaban J connectivity index is 2.10. The first kappa shape index (κ1) is 14.5. The number of nitrogens with zero attached hydrogens (tertiary/aromatic N) is 2. The van der Waals surface area contributed by atoms with Gasteiger partial charge in [-0.3, -0.25) is 0 Å². The van der Waals surface area contributed by atoms with Crippen LogP contribution in [0.5, 0.6) is 0 Å². The van der Waals surface area contributed by atoms with Gasteiger partial charge in [0.05, 0.1) is 5.69 Å². The Bertz CT molecular complexity index is 517. The maximum atomic E-state index is 4.43. The minimum absolute atomic E-state index is 0.888. The summed E-state index contributed by atoms with van der Waals surface area (Å²) in [6, 6.07) is 8.67. The third-order valence-corrected chi connectivity index (χ3v) is 3.84. The molecule has 4 heteroatoms. The molecule has 0 aliphatic carbocycles. The number of nitrogens with one attached hydrogen (secondary N) is 1. The molecule has 0 aliphatic heterocycles. The number of aryl methyl sites for hydroxylation is 1. The van der Waals surface area contributed by atoms with Gasteiger partial charge in [0.1, 0.15) is 5.82 Å². The van der Waals surface area contributed by atoms with Crippen LogP contribution in [0.4, 0.5) is 0 Å². The van der Waals surface area contributed by atoms with E-state index in [1.54, 1.807) is 0 Å². The normalized spacial score (nSPS) is 10.9. The van der Waals surface area contributed by atoms with Crippen molar-refractivity contribution >= 4 is 22.6 Å². The van der Waals surface area contributed by atoms with Crippen LogP contribution in [0.1, 0.15) is 30.4 Å². The molecule has 0 aliphatic rings. The lowest BCUT2D eigenvalue weighted by molar-refractivity contribution is 0.623. The van der Waals surface area contributed by atoms with Crippen molar-refractivity contribution in [3.05, 3.63) is 51.1 Å². The summed E-state index contributed by atoms with van der Waals surface area (Å²) in [5.74, 6) is 1.08. The van der Waals surface area contributed by atoms with E-state index in [2.05, 4.69) is 75.6 Å². The largest absolute Gasteiger partial charge is 0.327 e. The van der Waals surface area contributed by atoms with Crippen LogP contribution in [-0.2, 0) is 13.1 Å². The van der Waals surface area contributed by atoms with E-state index in [4.69, 9.17) is 0 Å². The Kier molecular flexibility index (Phi) is 5.39. The first-order valence-corrected chi connectivity index (χ1v) is 7.74. The van der Waals surface area contributed by atoms with Crippen LogP contribution in [0.15, 0.2) is 30.5 Å². The molecule has 1 N–H and O–H groups in total. The third-order valence-electron chi connectivity index (χ3n) is 3.12. The molecule has 1 aromatic carbocycles. The Morgan fingerprint density at radius 3 is 2.68 bits per heavy atom. The van der Waals surface area contributed by atoms with E-state index in [9.17, 15) is 0 Å². The number of imidazole rings is 1. The fraction of sp³-hybridized carbons (Fsp3) is 0.400. The molecule has 0 unspecified atom stereocenters. The van der Waals surface area contributed by atoms with Gasteiger partial charge in [0, 0.05) is 22.9 Å². The molecule has 0 atom stereocenters. The molecule has 0 radical (unpaired) electrons. The number of hydrogen-bond acceptors (Lipinski definition) is 2. The van der Waals surface area contributed by atoms with Crippen LogP contribution in [0.25, 0.3) is 0 Å². The van der Waals surface area contributed by atoms with Crippen LogP contribution < -0.4 is 5.32 Å². The first-order chi connectivity index (χ1) is 9.20. The van der Waals surface area contributed by atoms with Crippen LogP contribution in [0.2, 0.25) is 0 Å². The molecule has 0 fully saturated rings. The second-order valence-corrected chi connectivity index (χ2v) is 5.93. The average Bonchev–Trinajstić information content (AvgIpc) is 2.74. The van der Waals surface area contributed by atoms with Crippen LogP contribution in [0, 0.1) is 10.5 Å². The van der Waals surface area contributed by atoms with Gasteiger partial charge >= 0.3 is 0 Å². The fourth-order valence-electron chi connectivity index (χ4n) is 2.04. The predicted molar refractivity (Wildman–Crippen MR) is 87.2 cm³/mol. The van der Waals surface area contributed by atoms with Gasteiger partial charge in [-0.15, -0.1) is 0 Å². The molecule has 19 heavy (non-hydrogen) atoms. The molecular formula is C15H20IN3. The van der Waals surface area contributed by atoms with Crippen LogP contribution in [-0.4, -0.2) is 16.1 Å². The van der Waals surface area contributed by atoms with Gasteiger partial charge in [-0.05, 0) is 60.2 Å². The Morgan fingerprint density at radius 1 is 1.26 bits per heavy atom. The van der Waals surface area contributed by atoms with E-state index < -0.39 is 0 Å². The zero-order valence-electron chi connectivity index (χ0n) is 11.5. The van der Waals surface area contributed by atoms with Crippen molar-refractivity contribution in [2.24, 2.45) is 0 Å². The lowest BCUT2D eigenvalue weighted by atomic mass is 10.2. The molecule has 1 heterocycles. The minimum Gasteiger partial charge on any atom is -0.327 e. The summed E-state index contributed by atoms with van der Waals surface area (Å²) in [5, 5.41) is 3.44. The van der Waals surface area contributed by atoms with Gasteiger partial charge < -0.3 is 9.88 Å². The van der Waals surface area contributed by atoms with Gasteiger partial charge in [-0.1, -0.05) is 19.1 Å². The summed E-state index contributed by atoms with van der Waals surface area (Å²) in [5.41, 5.74) is 2.57. The summed E-state index contributed by atoms with van der Waals surface area (Å²) in [6.07, 6.45) is 3.13. The molecule has 0 bridgehead atoms. The lowest BCUT2D eigenvalue weighted by Crippen LogP contribution is -2.17. The molecule has 0 amide bonds. The van der Waals surface area contributed by atoms with E-state index in [1.165, 1.54) is 14.8 Å². The smallest absolute Gasteiger partial charge is 0.106 e. The Morgan fingerprint density at radius 2 is 2.00 bits per heavy atom. The molecular weight excluding hydrogens is 349 g/mol. The quantitative estimate of drug-likeness (QED) is 0.625. The summed E-state index contributed by atoms with van der Waals surface area (Å²) >= 11 is 2.33. The van der Waals surface area contributed by atoms with Crippen LogP contribution in [0.3, 0.4) is 0 Å². The molecule has 2 rings (SSSR count). The summed E-state index contributed by atoms with van der Waals surface area (Å²) in [7, 11) is 0.